The summed E-state index contributed by atoms with van der Waals surface area (Å²) in [6, 6.07) is -0.799. The van der Waals surface area contributed by atoms with Gasteiger partial charge in [0.2, 0.25) is 5.91 Å². The fourth-order valence-corrected chi connectivity index (χ4v) is 9.64. The van der Waals surface area contributed by atoms with Crippen LogP contribution in [-0.2, 0) is 18.4 Å². The van der Waals surface area contributed by atoms with E-state index in [0.717, 1.165) is 64.2 Å². The molecule has 0 rings (SSSR count). The molecular weight excluding hydrogens is 888 g/mol. The van der Waals surface area contributed by atoms with Gasteiger partial charge in [0.05, 0.1) is 39.9 Å². The second-order valence-corrected chi connectivity index (χ2v) is 23.1. The van der Waals surface area contributed by atoms with Crippen molar-refractivity contribution in [1.82, 2.24) is 5.32 Å². The zero-order valence-electron chi connectivity index (χ0n) is 47.0. The standard InChI is InChI=1S/C61H117N2O6P/c1-6-8-10-12-14-16-18-20-22-23-24-25-26-27-28-29-30-31-32-33-34-35-36-37-38-39-41-43-45-47-49-51-53-55-61(65)62-59(58-69-70(66,67)68-57-56-63(3,4)5)60(64)54-52-50-48-46-44-42-40-21-19-17-15-13-11-9-7-2/h8,10,14,16,20,22,24-25,59-60,64H,6-7,9,11-13,15,17-19,21,23,26-58H2,1-5H3,(H-,62,65,66,67)/b10-8-,16-14-,22-20-,25-24-. The molecule has 0 aromatic rings. The maximum atomic E-state index is 13.0. The lowest BCUT2D eigenvalue weighted by atomic mass is 10.0. The molecule has 0 bridgehead atoms. The third-order valence-electron chi connectivity index (χ3n) is 13.6. The van der Waals surface area contributed by atoms with Gasteiger partial charge in [0.1, 0.15) is 13.2 Å². The second kappa shape index (κ2) is 52.3. The van der Waals surface area contributed by atoms with Crippen LogP contribution < -0.4 is 10.2 Å². The molecule has 0 radical (unpaired) electrons. The summed E-state index contributed by atoms with van der Waals surface area (Å²) < 4.78 is 23.4. The van der Waals surface area contributed by atoms with Crippen molar-refractivity contribution in [3.05, 3.63) is 48.6 Å². The van der Waals surface area contributed by atoms with Gasteiger partial charge in [-0.05, 0) is 51.4 Å². The van der Waals surface area contributed by atoms with E-state index in [2.05, 4.69) is 67.8 Å². The predicted molar refractivity (Wildman–Crippen MR) is 302 cm³/mol. The van der Waals surface area contributed by atoms with E-state index >= 15 is 0 Å². The van der Waals surface area contributed by atoms with Gasteiger partial charge in [0.25, 0.3) is 7.82 Å². The minimum atomic E-state index is -4.57. The highest BCUT2D eigenvalue weighted by Crippen LogP contribution is 2.38. The van der Waals surface area contributed by atoms with Crippen LogP contribution in [-0.4, -0.2) is 68.5 Å². The number of aliphatic hydroxyl groups is 1. The van der Waals surface area contributed by atoms with Crippen LogP contribution in [0.15, 0.2) is 48.6 Å². The van der Waals surface area contributed by atoms with Crippen molar-refractivity contribution < 1.29 is 32.9 Å². The summed E-state index contributed by atoms with van der Waals surface area (Å²) in [6.45, 7) is 4.64. The molecule has 0 saturated carbocycles. The summed E-state index contributed by atoms with van der Waals surface area (Å²) in [7, 11) is 1.31. The number of carbonyl (C=O) groups excluding carboxylic acids is 1. The molecule has 8 nitrogen and oxygen atoms in total. The van der Waals surface area contributed by atoms with Crippen LogP contribution in [0.25, 0.3) is 0 Å². The first-order chi connectivity index (χ1) is 34.0. The van der Waals surface area contributed by atoms with Crippen LogP contribution in [0, 0.1) is 0 Å². The lowest BCUT2D eigenvalue weighted by Gasteiger charge is -2.30. The van der Waals surface area contributed by atoms with Crippen molar-refractivity contribution in [2.75, 3.05) is 40.9 Å². The van der Waals surface area contributed by atoms with E-state index in [-0.39, 0.29) is 19.1 Å². The zero-order chi connectivity index (χ0) is 51.3. The molecule has 0 spiro atoms. The van der Waals surface area contributed by atoms with Gasteiger partial charge < -0.3 is 28.8 Å². The number of hydrogen-bond donors (Lipinski definition) is 2. The van der Waals surface area contributed by atoms with E-state index in [1.807, 2.05) is 21.1 Å². The first kappa shape index (κ1) is 68.5. The summed E-state index contributed by atoms with van der Waals surface area (Å²) in [5, 5.41) is 14.0. The smallest absolute Gasteiger partial charge is 0.268 e. The predicted octanol–water partition coefficient (Wildman–Crippen LogP) is 17.7. The SMILES string of the molecule is CC/C=C\C/C=C\C/C=C\C/C=C\CCCCCCCCCCCCCCCCCCCCCCC(=O)NC(COP(=O)([O-])OCC[N+](C)(C)C)C(O)CCCCCCCCCCCCCCCCC. The first-order valence-electron chi connectivity index (χ1n) is 30.0. The summed E-state index contributed by atoms with van der Waals surface area (Å²) in [5.41, 5.74) is 0. The maximum Gasteiger partial charge on any atom is 0.268 e. The molecule has 2 N–H and O–H groups in total. The van der Waals surface area contributed by atoms with Crippen molar-refractivity contribution in [2.45, 2.75) is 296 Å². The van der Waals surface area contributed by atoms with E-state index in [4.69, 9.17) is 9.05 Å². The molecule has 3 unspecified atom stereocenters. The number of phosphoric ester groups is 1. The van der Waals surface area contributed by atoms with Gasteiger partial charge >= 0.3 is 0 Å². The normalized spacial score (nSPS) is 14.2. The van der Waals surface area contributed by atoms with Crippen LogP contribution in [0.4, 0.5) is 0 Å². The number of quaternary nitrogens is 1. The van der Waals surface area contributed by atoms with Gasteiger partial charge in [-0.2, -0.15) is 0 Å². The molecule has 0 saturated heterocycles. The largest absolute Gasteiger partial charge is 0.756 e. The number of amides is 1. The average molecular weight is 1010 g/mol. The Morgan fingerprint density at radius 1 is 0.514 bits per heavy atom. The van der Waals surface area contributed by atoms with Crippen LogP contribution >= 0.6 is 7.82 Å². The van der Waals surface area contributed by atoms with Gasteiger partial charge in [-0.15, -0.1) is 0 Å². The van der Waals surface area contributed by atoms with Gasteiger partial charge in [-0.3, -0.25) is 9.36 Å². The van der Waals surface area contributed by atoms with E-state index in [1.54, 1.807) is 0 Å². The number of hydrogen-bond acceptors (Lipinski definition) is 6. The van der Waals surface area contributed by atoms with Gasteiger partial charge in [0.15, 0.2) is 0 Å². The monoisotopic (exact) mass is 1000 g/mol. The number of carbonyl (C=O) groups is 1. The van der Waals surface area contributed by atoms with Crippen molar-refractivity contribution in [2.24, 2.45) is 0 Å². The molecule has 0 aromatic heterocycles. The number of rotatable bonds is 55. The van der Waals surface area contributed by atoms with E-state index < -0.39 is 20.0 Å². The third-order valence-corrected chi connectivity index (χ3v) is 14.5. The molecule has 0 aromatic carbocycles. The lowest BCUT2D eigenvalue weighted by molar-refractivity contribution is -0.870. The molecule has 412 valence electrons. The fraction of sp³-hybridized carbons (Fsp3) is 0.852. The number of unbranched alkanes of at least 4 members (excludes halogenated alkanes) is 34. The number of allylic oxidation sites excluding steroid dienone is 8. The summed E-state index contributed by atoms with van der Waals surface area (Å²) in [4.78, 5) is 25.5. The molecule has 70 heavy (non-hydrogen) atoms. The molecule has 0 aliphatic carbocycles. The highest BCUT2D eigenvalue weighted by molar-refractivity contribution is 7.45. The summed E-state index contributed by atoms with van der Waals surface area (Å²) in [5.74, 6) is -0.161. The van der Waals surface area contributed by atoms with E-state index in [1.165, 1.54) is 193 Å². The van der Waals surface area contributed by atoms with Crippen molar-refractivity contribution in [3.8, 4) is 0 Å². The minimum Gasteiger partial charge on any atom is -0.756 e. The molecule has 3 atom stereocenters. The number of nitrogens with one attached hydrogen (secondary N) is 1. The van der Waals surface area contributed by atoms with E-state index in [9.17, 15) is 19.4 Å². The quantitative estimate of drug-likeness (QED) is 0.0272. The molecule has 0 aliphatic rings. The number of phosphoric acid groups is 1. The van der Waals surface area contributed by atoms with Crippen LogP contribution in [0.5, 0.6) is 0 Å². The third kappa shape index (κ3) is 54.2. The van der Waals surface area contributed by atoms with Gasteiger partial charge in [-0.25, -0.2) is 0 Å². The lowest BCUT2D eigenvalue weighted by Crippen LogP contribution is -2.46. The van der Waals surface area contributed by atoms with Gasteiger partial charge in [0, 0.05) is 6.42 Å². The zero-order valence-corrected chi connectivity index (χ0v) is 47.9. The Balaban J connectivity index is 3.99. The van der Waals surface area contributed by atoms with Crippen molar-refractivity contribution >= 4 is 13.7 Å². The molecule has 9 heteroatoms. The highest BCUT2D eigenvalue weighted by Gasteiger charge is 2.24. The Bertz CT molecular complexity index is 1280. The second-order valence-electron chi connectivity index (χ2n) is 21.7. The highest BCUT2D eigenvalue weighted by atomic mass is 31.2. The Morgan fingerprint density at radius 3 is 1.27 bits per heavy atom. The molecule has 0 heterocycles. The molecule has 0 aliphatic heterocycles. The Kier molecular flexibility index (Phi) is 51.2. The summed E-state index contributed by atoms with van der Waals surface area (Å²) in [6.07, 6.45) is 68.7. The maximum absolute atomic E-state index is 13.0. The first-order valence-corrected chi connectivity index (χ1v) is 31.4. The van der Waals surface area contributed by atoms with Crippen LogP contribution in [0.1, 0.15) is 284 Å². The van der Waals surface area contributed by atoms with E-state index in [0.29, 0.717) is 23.9 Å². The number of nitrogens with zero attached hydrogens (tertiary/aromatic N) is 1. The average Bonchev–Trinajstić information content (AvgIpc) is 3.32. The number of likely N-dealkylation sites (N-methyl/N-ethyl adjacent to an activating group) is 1. The Hall–Kier alpha value is -1.54. The van der Waals surface area contributed by atoms with Crippen LogP contribution in [0.2, 0.25) is 0 Å². The Labute approximate surface area is 435 Å². The van der Waals surface area contributed by atoms with Crippen LogP contribution in [0.3, 0.4) is 0 Å². The van der Waals surface area contributed by atoms with Crippen molar-refractivity contribution in [3.63, 3.8) is 0 Å². The van der Waals surface area contributed by atoms with Gasteiger partial charge in [-0.1, -0.05) is 274 Å². The fourth-order valence-electron chi connectivity index (χ4n) is 8.92. The molecule has 0 fully saturated rings. The summed E-state index contributed by atoms with van der Waals surface area (Å²) >= 11 is 0. The molecular formula is C61H117N2O6P. The Morgan fingerprint density at radius 2 is 0.871 bits per heavy atom. The molecule has 1 amide bonds. The topological polar surface area (TPSA) is 108 Å². The number of aliphatic hydroxyl groups excluding tert-OH is 1. The minimum absolute atomic E-state index is 0.0134. The van der Waals surface area contributed by atoms with Crippen molar-refractivity contribution in [1.29, 1.82) is 0 Å².